The third kappa shape index (κ3) is 6.26. The molecule has 0 aliphatic carbocycles. The fourth-order valence-electron chi connectivity index (χ4n) is 2.79. The quantitative estimate of drug-likeness (QED) is 0.330. The highest BCUT2D eigenvalue weighted by molar-refractivity contribution is 14.0. The predicted molar refractivity (Wildman–Crippen MR) is 110 cm³/mol. The summed E-state index contributed by atoms with van der Waals surface area (Å²) in [5, 5.41) is 8.99. The van der Waals surface area contributed by atoms with Crippen LogP contribution in [0.4, 0.5) is 14.5 Å². The normalized spacial score (nSPS) is 16.8. The van der Waals surface area contributed by atoms with Gasteiger partial charge >= 0.3 is 0 Å². The van der Waals surface area contributed by atoms with Crippen LogP contribution in [-0.2, 0) is 4.79 Å². The molecule has 1 saturated heterocycles. The zero-order valence-corrected chi connectivity index (χ0v) is 17.3. The number of hydrogen-bond acceptors (Lipinski definition) is 3. The molecule has 1 aromatic carbocycles. The summed E-state index contributed by atoms with van der Waals surface area (Å²) in [6.45, 7) is 6.03. The van der Waals surface area contributed by atoms with Crippen molar-refractivity contribution < 1.29 is 13.6 Å². The molecule has 26 heavy (non-hydrogen) atoms. The molecule has 146 valence electrons. The number of anilines is 1. The molecule has 1 heterocycles. The standard InChI is InChI=1S/C17H25F2N5O.HI/c1-3-20-15(25)10-22-17(21-4-2)23-12-8-9-24(11-12)16-13(18)6-5-7-14(16)19;/h5-7,12H,3-4,8-11H2,1-2H3,(H,20,25)(H2,21,22,23);1H. The molecule has 1 aromatic rings. The number of nitrogens with zero attached hydrogens (tertiary/aromatic N) is 2. The maximum absolute atomic E-state index is 13.9. The Morgan fingerprint density at radius 1 is 1.23 bits per heavy atom. The minimum absolute atomic E-state index is 0. The number of para-hydroxylation sites is 1. The molecule has 0 bridgehead atoms. The van der Waals surface area contributed by atoms with Crippen molar-refractivity contribution in [2.24, 2.45) is 4.99 Å². The number of likely N-dealkylation sites (N-methyl/N-ethyl adjacent to an activating group) is 1. The fraction of sp³-hybridized carbons (Fsp3) is 0.529. The fourth-order valence-corrected chi connectivity index (χ4v) is 2.79. The summed E-state index contributed by atoms with van der Waals surface area (Å²) in [6, 6.07) is 3.87. The summed E-state index contributed by atoms with van der Waals surface area (Å²) in [6.07, 6.45) is 0.722. The van der Waals surface area contributed by atoms with Crippen molar-refractivity contribution in [3.63, 3.8) is 0 Å². The van der Waals surface area contributed by atoms with Gasteiger partial charge in [0.05, 0.1) is 0 Å². The maximum Gasteiger partial charge on any atom is 0.241 e. The van der Waals surface area contributed by atoms with Gasteiger partial charge in [-0.2, -0.15) is 0 Å². The van der Waals surface area contributed by atoms with Gasteiger partial charge in [0.15, 0.2) is 5.96 Å². The number of aliphatic imine (C=N–C) groups is 1. The van der Waals surface area contributed by atoms with Crippen LogP contribution in [0.1, 0.15) is 20.3 Å². The predicted octanol–water partition coefficient (Wildman–Crippen LogP) is 1.85. The van der Waals surface area contributed by atoms with Crippen molar-refractivity contribution in [1.29, 1.82) is 0 Å². The van der Waals surface area contributed by atoms with E-state index in [1.54, 1.807) is 4.90 Å². The highest BCUT2D eigenvalue weighted by Crippen LogP contribution is 2.26. The molecule has 0 aromatic heterocycles. The van der Waals surface area contributed by atoms with Gasteiger partial charge in [0, 0.05) is 32.2 Å². The number of benzene rings is 1. The summed E-state index contributed by atoms with van der Waals surface area (Å²) in [5.41, 5.74) is 0.0102. The van der Waals surface area contributed by atoms with E-state index >= 15 is 0 Å². The number of carbonyl (C=O) groups is 1. The van der Waals surface area contributed by atoms with E-state index < -0.39 is 11.6 Å². The Labute approximate surface area is 169 Å². The lowest BCUT2D eigenvalue weighted by Crippen LogP contribution is -2.45. The van der Waals surface area contributed by atoms with E-state index in [9.17, 15) is 13.6 Å². The molecule has 6 nitrogen and oxygen atoms in total. The molecule has 1 aliphatic heterocycles. The van der Waals surface area contributed by atoms with Gasteiger partial charge in [-0.25, -0.2) is 13.8 Å². The van der Waals surface area contributed by atoms with E-state index in [-0.39, 0.29) is 48.2 Å². The van der Waals surface area contributed by atoms with E-state index in [1.807, 2.05) is 13.8 Å². The van der Waals surface area contributed by atoms with Gasteiger partial charge in [0.2, 0.25) is 5.91 Å². The van der Waals surface area contributed by atoms with E-state index in [2.05, 4.69) is 20.9 Å². The lowest BCUT2D eigenvalue weighted by Gasteiger charge is -2.21. The van der Waals surface area contributed by atoms with Gasteiger partial charge < -0.3 is 20.9 Å². The molecule has 0 saturated carbocycles. The number of guanidine groups is 1. The van der Waals surface area contributed by atoms with Crippen molar-refractivity contribution in [2.75, 3.05) is 37.6 Å². The van der Waals surface area contributed by atoms with Gasteiger partial charge in [-0.1, -0.05) is 6.07 Å². The molecule has 9 heteroatoms. The molecule has 1 fully saturated rings. The van der Waals surface area contributed by atoms with Gasteiger partial charge in [-0.15, -0.1) is 24.0 Å². The Hall–Kier alpha value is -1.65. The smallest absolute Gasteiger partial charge is 0.241 e. The molecule has 1 amide bonds. The van der Waals surface area contributed by atoms with Crippen LogP contribution in [-0.4, -0.2) is 50.6 Å². The van der Waals surface area contributed by atoms with E-state index in [0.29, 0.717) is 32.1 Å². The first-order valence-electron chi connectivity index (χ1n) is 8.55. The largest absolute Gasteiger partial charge is 0.365 e. The molecular weight excluding hydrogens is 455 g/mol. The third-order valence-corrected chi connectivity index (χ3v) is 3.88. The molecular formula is C17H26F2IN5O. The van der Waals surface area contributed by atoms with Crippen LogP contribution in [0.3, 0.4) is 0 Å². The Morgan fingerprint density at radius 2 is 1.88 bits per heavy atom. The Kier molecular flexibility index (Phi) is 9.60. The Bertz CT molecular complexity index is 609. The lowest BCUT2D eigenvalue weighted by molar-refractivity contribution is -0.119. The average molecular weight is 481 g/mol. The van der Waals surface area contributed by atoms with Crippen molar-refractivity contribution in [1.82, 2.24) is 16.0 Å². The van der Waals surface area contributed by atoms with Gasteiger partial charge in [-0.3, -0.25) is 4.79 Å². The van der Waals surface area contributed by atoms with Crippen LogP contribution in [0.15, 0.2) is 23.2 Å². The zero-order chi connectivity index (χ0) is 18.2. The summed E-state index contributed by atoms with van der Waals surface area (Å²) in [7, 11) is 0. The first-order chi connectivity index (χ1) is 12.0. The minimum Gasteiger partial charge on any atom is -0.365 e. The van der Waals surface area contributed by atoms with Crippen LogP contribution in [0.25, 0.3) is 0 Å². The van der Waals surface area contributed by atoms with Crippen molar-refractivity contribution >= 4 is 41.5 Å². The number of rotatable bonds is 6. The van der Waals surface area contributed by atoms with E-state index in [0.717, 1.165) is 6.42 Å². The molecule has 3 N–H and O–H groups in total. The second kappa shape index (κ2) is 11.1. The zero-order valence-electron chi connectivity index (χ0n) is 15.0. The van der Waals surface area contributed by atoms with Crippen LogP contribution >= 0.6 is 24.0 Å². The van der Waals surface area contributed by atoms with Crippen LogP contribution in [0.2, 0.25) is 0 Å². The van der Waals surface area contributed by atoms with Crippen LogP contribution < -0.4 is 20.9 Å². The number of amides is 1. The van der Waals surface area contributed by atoms with Gasteiger partial charge in [0.25, 0.3) is 0 Å². The number of nitrogens with one attached hydrogen (secondary N) is 3. The Morgan fingerprint density at radius 3 is 2.50 bits per heavy atom. The highest BCUT2D eigenvalue weighted by atomic mass is 127. The average Bonchev–Trinajstić information content (AvgIpc) is 3.01. The highest BCUT2D eigenvalue weighted by Gasteiger charge is 2.27. The van der Waals surface area contributed by atoms with Crippen molar-refractivity contribution in [2.45, 2.75) is 26.3 Å². The lowest BCUT2D eigenvalue weighted by atomic mass is 10.2. The van der Waals surface area contributed by atoms with Crippen molar-refractivity contribution in [3.05, 3.63) is 29.8 Å². The summed E-state index contributed by atoms with van der Waals surface area (Å²) in [4.78, 5) is 17.5. The number of carbonyl (C=O) groups excluding carboxylic acids is 1. The van der Waals surface area contributed by atoms with Crippen molar-refractivity contribution in [3.8, 4) is 0 Å². The topological polar surface area (TPSA) is 68.8 Å². The van der Waals surface area contributed by atoms with E-state index in [1.165, 1.54) is 18.2 Å². The van der Waals surface area contributed by atoms with Crippen LogP contribution in [0.5, 0.6) is 0 Å². The summed E-state index contributed by atoms with van der Waals surface area (Å²) < 4.78 is 27.8. The molecule has 2 rings (SSSR count). The summed E-state index contributed by atoms with van der Waals surface area (Å²) >= 11 is 0. The summed E-state index contributed by atoms with van der Waals surface area (Å²) in [5.74, 6) is -0.745. The molecule has 0 spiro atoms. The molecule has 1 aliphatic rings. The Balaban J connectivity index is 0.00000338. The monoisotopic (exact) mass is 481 g/mol. The van der Waals surface area contributed by atoms with E-state index in [4.69, 9.17) is 0 Å². The molecule has 0 radical (unpaired) electrons. The number of hydrogen-bond donors (Lipinski definition) is 3. The second-order valence-corrected chi connectivity index (χ2v) is 5.79. The first-order valence-corrected chi connectivity index (χ1v) is 8.55. The second-order valence-electron chi connectivity index (χ2n) is 5.79. The first kappa shape index (κ1) is 22.4. The molecule has 1 unspecified atom stereocenters. The van der Waals surface area contributed by atoms with Gasteiger partial charge in [0.1, 0.15) is 23.9 Å². The minimum atomic E-state index is -0.558. The SMILES string of the molecule is CCNC(=O)CN=C(NCC)NC1CCN(c2c(F)cccc2F)C1.I. The molecule has 1 atom stereocenters. The maximum atomic E-state index is 13.9. The number of halogens is 3. The van der Waals surface area contributed by atoms with Crippen LogP contribution in [0, 0.1) is 11.6 Å². The van der Waals surface area contributed by atoms with Gasteiger partial charge in [-0.05, 0) is 32.4 Å². The third-order valence-electron chi connectivity index (χ3n) is 3.88.